The van der Waals surface area contributed by atoms with Gasteiger partial charge in [-0.1, -0.05) is 13.8 Å². The summed E-state index contributed by atoms with van der Waals surface area (Å²) in [6, 6.07) is 0. The second-order valence-corrected chi connectivity index (χ2v) is 4.35. The minimum absolute atomic E-state index is 0.0978. The number of rotatable bonds is 4. The highest BCUT2D eigenvalue weighted by atomic mass is 32.2. The Labute approximate surface area is 80.3 Å². The Kier molecular flexibility index (Phi) is 3.36. The zero-order valence-electron chi connectivity index (χ0n) is 7.48. The van der Waals surface area contributed by atoms with Gasteiger partial charge in [0, 0.05) is 0 Å². The van der Waals surface area contributed by atoms with Crippen LogP contribution in [0.25, 0.3) is 0 Å². The highest BCUT2D eigenvalue weighted by Gasteiger charge is 2.10. The Hall–Kier alpha value is -0.970. The lowest BCUT2D eigenvalue weighted by atomic mass is 10.5. The Bertz CT molecular complexity index is 295. The lowest BCUT2D eigenvalue weighted by molar-refractivity contribution is 0.0661. The fourth-order valence-corrected chi connectivity index (χ4v) is 1.32. The standard InChI is InChI=1S/C8H11NO3S/c1-5(2)13-4-7-9-3-6(12-7)8(10)11/h3,5H,4H2,1-2H3,(H,10,11). The summed E-state index contributed by atoms with van der Waals surface area (Å²) in [6.07, 6.45) is 1.23. The molecule has 0 radical (unpaired) electrons. The number of nitrogens with zero attached hydrogens (tertiary/aromatic N) is 1. The molecule has 72 valence electrons. The van der Waals surface area contributed by atoms with Gasteiger partial charge in [0.2, 0.25) is 11.7 Å². The van der Waals surface area contributed by atoms with Crippen LogP contribution in [0.5, 0.6) is 0 Å². The van der Waals surface area contributed by atoms with E-state index >= 15 is 0 Å². The monoisotopic (exact) mass is 201 g/mol. The molecule has 5 heteroatoms. The molecule has 0 unspecified atom stereocenters. The van der Waals surface area contributed by atoms with E-state index in [4.69, 9.17) is 9.52 Å². The molecule has 0 saturated carbocycles. The van der Waals surface area contributed by atoms with Crippen molar-refractivity contribution in [3.63, 3.8) is 0 Å². The number of hydrogen-bond acceptors (Lipinski definition) is 4. The quantitative estimate of drug-likeness (QED) is 0.807. The number of thioether (sulfide) groups is 1. The van der Waals surface area contributed by atoms with E-state index in [9.17, 15) is 4.79 Å². The van der Waals surface area contributed by atoms with Crippen molar-refractivity contribution in [2.75, 3.05) is 0 Å². The van der Waals surface area contributed by atoms with Gasteiger partial charge in [-0.05, 0) is 5.25 Å². The summed E-state index contributed by atoms with van der Waals surface area (Å²) >= 11 is 1.66. The molecule has 0 aliphatic rings. The first-order valence-corrected chi connectivity index (χ1v) is 4.94. The van der Waals surface area contributed by atoms with Gasteiger partial charge in [-0.2, -0.15) is 0 Å². The number of carboxylic acid groups (broad SMARTS) is 1. The van der Waals surface area contributed by atoms with Crippen LogP contribution in [0, 0.1) is 0 Å². The van der Waals surface area contributed by atoms with Crippen LogP contribution in [0.4, 0.5) is 0 Å². The van der Waals surface area contributed by atoms with Crippen LogP contribution in [-0.2, 0) is 5.75 Å². The van der Waals surface area contributed by atoms with E-state index in [1.54, 1.807) is 11.8 Å². The van der Waals surface area contributed by atoms with E-state index < -0.39 is 5.97 Å². The molecular formula is C8H11NO3S. The number of hydrogen-bond donors (Lipinski definition) is 1. The van der Waals surface area contributed by atoms with Gasteiger partial charge in [-0.25, -0.2) is 9.78 Å². The average Bonchev–Trinajstić information content (AvgIpc) is 2.48. The van der Waals surface area contributed by atoms with Crippen LogP contribution in [0.15, 0.2) is 10.6 Å². The van der Waals surface area contributed by atoms with Crippen molar-refractivity contribution >= 4 is 17.7 Å². The van der Waals surface area contributed by atoms with Gasteiger partial charge in [-0.15, -0.1) is 11.8 Å². The van der Waals surface area contributed by atoms with Gasteiger partial charge in [0.15, 0.2) is 0 Å². The minimum Gasteiger partial charge on any atom is -0.475 e. The molecule has 0 aromatic carbocycles. The SMILES string of the molecule is CC(C)SCc1ncc(C(=O)O)o1. The highest BCUT2D eigenvalue weighted by molar-refractivity contribution is 7.99. The van der Waals surface area contributed by atoms with Crippen LogP contribution < -0.4 is 0 Å². The third-order valence-electron chi connectivity index (χ3n) is 1.30. The van der Waals surface area contributed by atoms with E-state index in [-0.39, 0.29) is 5.76 Å². The van der Waals surface area contributed by atoms with E-state index in [0.717, 1.165) is 0 Å². The molecule has 4 nitrogen and oxygen atoms in total. The maximum absolute atomic E-state index is 10.4. The van der Waals surface area contributed by atoms with Gasteiger partial charge in [0.05, 0.1) is 11.9 Å². The summed E-state index contributed by atoms with van der Waals surface area (Å²) in [5.74, 6) is -0.0888. The molecule has 1 rings (SSSR count). The van der Waals surface area contributed by atoms with Crippen LogP contribution in [-0.4, -0.2) is 21.3 Å². The van der Waals surface area contributed by atoms with Crippen LogP contribution in [0.3, 0.4) is 0 Å². The largest absolute Gasteiger partial charge is 0.475 e. The van der Waals surface area contributed by atoms with Crippen molar-refractivity contribution in [3.8, 4) is 0 Å². The Morgan fingerprint density at radius 2 is 2.46 bits per heavy atom. The lowest BCUT2D eigenvalue weighted by Gasteiger charge is -1.99. The minimum atomic E-state index is -1.08. The molecule has 1 aromatic rings. The number of aromatic carboxylic acids is 1. The average molecular weight is 201 g/mol. The molecular weight excluding hydrogens is 190 g/mol. The number of aromatic nitrogens is 1. The van der Waals surface area contributed by atoms with E-state index in [2.05, 4.69) is 18.8 Å². The zero-order valence-corrected chi connectivity index (χ0v) is 8.30. The fraction of sp³-hybridized carbons (Fsp3) is 0.500. The Morgan fingerprint density at radius 1 is 1.77 bits per heavy atom. The first-order valence-electron chi connectivity index (χ1n) is 3.89. The highest BCUT2D eigenvalue weighted by Crippen LogP contribution is 2.16. The summed E-state index contributed by atoms with van der Waals surface area (Å²) in [5.41, 5.74) is 0. The Balaban J connectivity index is 2.54. The molecule has 1 N–H and O–H groups in total. The molecule has 1 heterocycles. The van der Waals surface area contributed by atoms with Crippen molar-refractivity contribution in [3.05, 3.63) is 17.8 Å². The summed E-state index contributed by atoms with van der Waals surface area (Å²) in [7, 11) is 0. The van der Waals surface area contributed by atoms with Crippen molar-refractivity contribution in [1.29, 1.82) is 0 Å². The van der Waals surface area contributed by atoms with Crippen molar-refractivity contribution < 1.29 is 14.3 Å². The van der Waals surface area contributed by atoms with E-state index in [1.807, 2.05) is 0 Å². The molecule has 0 saturated heterocycles. The molecule has 0 bridgehead atoms. The molecule has 0 atom stereocenters. The first kappa shape index (κ1) is 10.1. The fourth-order valence-electron chi connectivity index (χ4n) is 0.714. The molecule has 0 aliphatic carbocycles. The predicted molar refractivity (Wildman–Crippen MR) is 49.9 cm³/mol. The molecule has 0 amide bonds. The number of carboxylic acids is 1. The number of oxazole rings is 1. The van der Waals surface area contributed by atoms with Gasteiger partial charge in [-0.3, -0.25) is 0 Å². The molecule has 0 aliphatic heterocycles. The third kappa shape index (κ3) is 3.10. The second kappa shape index (κ2) is 4.32. The van der Waals surface area contributed by atoms with Crippen molar-refractivity contribution in [1.82, 2.24) is 4.98 Å². The molecule has 0 fully saturated rings. The first-order chi connectivity index (χ1) is 6.09. The summed E-state index contributed by atoms with van der Waals surface area (Å²) in [5, 5.41) is 9.02. The topological polar surface area (TPSA) is 63.3 Å². The number of carbonyl (C=O) groups is 1. The van der Waals surface area contributed by atoms with Gasteiger partial charge >= 0.3 is 5.97 Å². The summed E-state index contributed by atoms with van der Waals surface area (Å²) in [6.45, 7) is 4.12. The van der Waals surface area contributed by atoms with E-state index in [0.29, 0.717) is 16.9 Å². The van der Waals surface area contributed by atoms with Crippen LogP contribution in [0.2, 0.25) is 0 Å². The zero-order chi connectivity index (χ0) is 9.84. The smallest absolute Gasteiger partial charge is 0.373 e. The van der Waals surface area contributed by atoms with Gasteiger partial charge in [0.25, 0.3) is 0 Å². The third-order valence-corrected chi connectivity index (χ3v) is 2.38. The molecule has 13 heavy (non-hydrogen) atoms. The van der Waals surface area contributed by atoms with Gasteiger partial charge < -0.3 is 9.52 Å². The van der Waals surface area contributed by atoms with Crippen LogP contribution in [0.1, 0.15) is 30.3 Å². The normalized spacial score (nSPS) is 10.7. The second-order valence-electron chi connectivity index (χ2n) is 2.78. The molecule has 0 spiro atoms. The maximum atomic E-state index is 10.4. The van der Waals surface area contributed by atoms with Crippen LogP contribution >= 0.6 is 11.8 Å². The lowest BCUT2D eigenvalue weighted by Crippen LogP contribution is -1.92. The van der Waals surface area contributed by atoms with E-state index in [1.165, 1.54) is 6.20 Å². The maximum Gasteiger partial charge on any atom is 0.373 e. The van der Waals surface area contributed by atoms with Gasteiger partial charge in [0.1, 0.15) is 0 Å². The van der Waals surface area contributed by atoms with Crippen molar-refractivity contribution in [2.45, 2.75) is 24.9 Å². The Morgan fingerprint density at radius 3 is 2.92 bits per heavy atom. The van der Waals surface area contributed by atoms with Crippen molar-refractivity contribution in [2.24, 2.45) is 0 Å². The predicted octanol–water partition coefficient (Wildman–Crippen LogP) is 2.01. The molecule has 1 aromatic heterocycles. The summed E-state index contributed by atoms with van der Waals surface area (Å²) in [4.78, 5) is 14.3. The summed E-state index contributed by atoms with van der Waals surface area (Å²) < 4.78 is 4.96.